The summed E-state index contributed by atoms with van der Waals surface area (Å²) in [6.07, 6.45) is 0. The first-order chi connectivity index (χ1) is 2.94. The van der Waals surface area contributed by atoms with Gasteiger partial charge in [0.1, 0.15) is 0 Å². The average molecular weight is 125 g/mol. The average Bonchev–Trinajstić information content (AvgIpc) is 1.31. The van der Waals surface area contributed by atoms with Crippen LogP contribution in [0.1, 0.15) is 20.8 Å². The van der Waals surface area contributed by atoms with Crippen LogP contribution in [0.15, 0.2) is 0 Å². The molecule has 0 fully saturated rings. The highest BCUT2D eigenvalue weighted by atomic mass is 35.5. The van der Waals surface area contributed by atoms with E-state index in [0.29, 0.717) is 0 Å². The number of halogens is 2. The normalized spacial score (nSPS) is 19.7. The first-order valence-corrected chi connectivity index (χ1v) is 2.70. The van der Waals surface area contributed by atoms with Crippen molar-refractivity contribution in [2.45, 2.75) is 25.9 Å². The summed E-state index contributed by atoms with van der Waals surface area (Å²) >= 11 is 5.20. The van der Waals surface area contributed by atoms with Gasteiger partial charge in [-0.2, -0.15) is 0 Å². The Balaban J connectivity index is 3.54. The topological polar surface area (TPSA) is 0 Å². The highest BCUT2D eigenvalue weighted by molar-refractivity contribution is 6.22. The second-order valence-electron chi connectivity index (χ2n) is 2.11. The zero-order valence-corrected chi connectivity index (χ0v) is 5.59. The fraction of sp³-hybridized carbons (Fsp3) is 1.00. The Bertz CT molecular complexity index is 53.6. The molecule has 0 rings (SSSR count). The molecule has 7 heavy (non-hydrogen) atoms. The molecule has 0 nitrogen and oxygen atoms in total. The molecule has 0 spiro atoms. The van der Waals surface area contributed by atoms with E-state index < -0.39 is 5.13 Å². The minimum absolute atomic E-state index is 0.103. The van der Waals surface area contributed by atoms with Crippen LogP contribution in [0.2, 0.25) is 0 Å². The van der Waals surface area contributed by atoms with Crippen molar-refractivity contribution in [3.63, 3.8) is 0 Å². The lowest BCUT2D eigenvalue weighted by molar-refractivity contribution is 0.228. The van der Waals surface area contributed by atoms with Crippen LogP contribution in [-0.4, -0.2) is 5.13 Å². The van der Waals surface area contributed by atoms with Crippen LogP contribution in [0, 0.1) is 5.92 Å². The van der Waals surface area contributed by atoms with Crippen LogP contribution >= 0.6 is 11.6 Å². The van der Waals surface area contributed by atoms with Crippen LogP contribution in [-0.2, 0) is 0 Å². The molecule has 0 saturated heterocycles. The third-order valence-electron chi connectivity index (χ3n) is 1.01. The van der Waals surface area contributed by atoms with Gasteiger partial charge in [-0.05, 0) is 6.92 Å². The van der Waals surface area contributed by atoms with Crippen molar-refractivity contribution in [3.05, 3.63) is 0 Å². The monoisotopic (exact) mass is 124 g/mol. The maximum Gasteiger partial charge on any atom is 0.183 e. The van der Waals surface area contributed by atoms with Gasteiger partial charge in [0.15, 0.2) is 5.13 Å². The van der Waals surface area contributed by atoms with Crippen molar-refractivity contribution in [1.82, 2.24) is 0 Å². The molecule has 0 saturated carbocycles. The van der Waals surface area contributed by atoms with Gasteiger partial charge in [-0.15, -0.1) is 0 Å². The summed E-state index contributed by atoms with van der Waals surface area (Å²) in [4.78, 5) is 0. The molecule has 0 aromatic heterocycles. The number of hydrogen-bond donors (Lipinski definition) is 0. The summed E-state index contributed by atoms with van der Waals surface area (Å²) in [6, 6.07) is 0. The van der Waals surface area contributed by atoms with E-state index in [2.05, 4.69) is 0 Å². The van der Waals surface area contributed by atoms with Gasteiger partial charge in [0.05, 0.1) is 0 Å². The van der Waals surface area contributed by atoms with Gasteiger partial charge >= 0.3 is 0 Å². The van der Waals surface area contributed by atoms with Gasteiger partial charge in [-0.1, -0.05) is 25.4 Å². The lowest BCUT2D eigenvalue weighted by Crippen LogP contribution is -2.16. The van der Waals surface area contributed by atoms with Crippen LogP contribution < -0.4 is 0 Å². The minimum Gasteiger partial charge on any atom is -0.226 e. The predicted molar refractivity (Wildman–Crippen MR) is 30.2 cm³/mol. The van der Waals surface area contributed by atoms with Crippen LogP contribution in [0.5, 0.6) is 0 Å². The first-order valence-electron chi connectivity index (χ1n) is 2.32. The Morgan fingerprint density at radius 3 is 1.71 bits per heavy atom. The Morgan fingerprint density at radius 2 is 1.71 bits per heavy atom. The molecule has 0 heterocycles. The molecule has 0 radical (unpaired) electrons. The van der Waals surface area contributed by atoms with E-state index in [-0.39, 0.29) is 5.92 Å². The van der Waals surface area contributed by atoms with Gasteiger partial charge in [-0.3, -0.25) is 0 Å². The molecule has 0 aliphatic carbocycles. The van der Waals surface area contributed by atoms with Crippen molar-refractivity contribution >= 4 is 11.6 Å². The molecule has 0 N–H and O–H groups in total. The third-order valence-corrected chi connectivity index (χ3v) is 1.45. The van der Waals surface area contributed by atoms with E-state index >= 15 is 0 Å². The van der Waals surface area contributed by atoms with E-state index in [9.17, 15) is 4.39 Å². The van der Waals surface area contributed by atoms with E-state index in [1.165, 1.54) is 6.92 Å². The SMILES string of the molecule is CC(C)C(C)(F)Cl. The molecule has 0 aliphatic rings. The van der Waals surface area contributed by atoms with Crippen molar-refractivity contribution in [3.8, 4) is 0 Å². The lowest BCUT2D eigenvalue weighted by Gasteiger charge is -2.14. The quantitative estimate of drug-likeness (QED) is 0.472. The maximum atomic E-state index is 12.3. The Kier molecular flexibility index (Phi) is 2.06. The molecule has 0 aliphatic heterocycles. The molecular weight excluding hydrogens is 115 g/mol. The molecule has 0 amide bonds. The van der Waals surface area contributed by atoms with Crippen molar-refractivity contribution in [2.75, 3.05) is 0 Å². The molecule has 1 atom stereocenters. The van der Waals surface area contributed by atoms with E-state index in [1.54, 1.807) is 13.8 Å². The highest BCUT2D eigenvalue weighted by Crippen LogP contribution is 2.24. The van der Waals surface area contributed by atoms with Crippen LogP contribution in [0.25, 0.3) is 0 Å². The second-order valence-corrected chi connectivity index (χ2v) is 2.85. The van der Waals surface area contributed by atoms with E-state index in [4.69, 9.17) is 11.6 Å². The summed E-state index contributed by atoms with van der Waals surface area (Å²) in [7, 11) is 0. The van der Waals surface area contributed by atoms with Gasteiger partial charge in [-0.25, -0.2) is 4.39 Å². The molecule has 2 heteroatoms. The number of rotatable bonds is 1. The fourth-order valence-corrected chi connectivity index (χ4v) is 0. The first kappa shape index (κ1) is 7.22. The molecule has 0 bridgehead atoms. The smallest absolute Gasteiger partial charge is 0.183 e. The molecule has 0 aromatic rings. The van der Waals surface area contributed by atoms with Crippen LogP contribution in [0.4, 0.5) is 4.39 Å². The van der Waals surface area contributed by atoms with E-state index in [0.717, 1.165) is 0 Å². The van der Waals surface area contributed by atoms with E-state index in [1.807, 2.05) is 0 Å². The van der Waals surface area contributed by atoms with Crippen molar-refractivity contribution < 1.29 is 4.39 Å². The third kappa shape index (κ3) is 2.86. The van der Waals surface area contributed by atoms with Gasteiger partial charge < -0.3 is 0 Å². The molecule has 44 valence electrons. The summed E-state index contributed by atoms with van der Waals surface area (Å²) in [5, 5.41) is -1.53. The van der Waals surface area contributed by atoms with Crippen molar-refractivity contribution in [1.29, 1.82) is 0 Å². The molecule has 0 aromatic carbocycles. The Labute approximate surface area is 48.7 Å². The molecule has 1 unspecified atom stereocenters. The van der Waals surface area contributed by atoms with Gasteiger partial charge in [0, 0.05) is 5.92 Å². The maximum absolute atomic E-state index is 12.3. The molecular formula is C5H10ClF. The predicted octanol–water partition coefficient (Wildman–Crippen LogP) is 2.57. The highest BCUT2D eigenvalue weighted by Gasteiger charge is 2.22. The van der Waals surface area contributed by atoms with Gasteiger partial charge in [0.2, 0.25) is 0 Å². The Morgan fingerprint density at radius 1 is 1.57 bits per heavy atom. The fourth-order valence-electron chi connectivity index (χ4n) is 0. The Hall–Kier alpha value is 0.220. The zero-order valence-electron chi connectivity index (χ0n) is 4.83. The summed E-state index contributed by atoms with van der Waals surface area (Å²) < 4.78 is 12.3. The number of alkyl halides is 2. The summed E-state index contributed by atoms with van der Waals surface area (Å²) in [5.41, 5.74) is 0. The van der Waals surface area contributed by atoms with Crippen molar-refractivity contribution in [2.24, 2.45) is 5.92 Å². The van der Waals surface area contributed by atoms with Gasteiger partial charge in [0.25, 0.3) is 0 Å². The van der Waals surface area contributed by atoms with Crippen LogP contribution in [0.3, 0.4) is 0 Å². The second kappa shape index (κ2) is 1.99. The largest absolute Gasteiger partial charge is 0.226 e. The number of hydrogen-bond acceptors (Lipinski definition) is 0. The zero-order chi connectivity index (χ0) is 6.08. The lowest BCUT2D eigenvalue weighted by atomic mass is 10.1. The summed E-state index contributed by atoms with van der Waals surface area (Å²) in [6.45, 7) is 4.85. The minimum atomic E-state index is -1.53. The summed E-state index contributed by atoms with van der Waals surface area (Å²) in [5.74, 6) is -0.103. The standard InChI is InChI=1S/C5H10ClF/c1-4(2)5(3,6)7/h4H,1-3H3.